The second kappa shape index (κ2) is 26.4. The number of aliphatic hydroxyl groups excluding tert-OH is 1. The highest BCUT2D eigenvalue weighted by atomic mass is 32.2. The molecule has 0 bridgehead atoms. The van der Waals surface area contributed by atoms with E-state index in [9.17, 15) is 34.2 Å². The van der Waals surface area contributed by atoms with E-state index in [4.69, 9.17) is 10.8 Å². The molecule has 0 saturated heterocycles. The molecule has 0 heterocycles. The van der Waals surface area contributed by atoms with Crippen LogP contribution >= 0.6 is 11.8 Å². The van der Waals surface area contributed by atoms with Crippen LogP contribution in [0, 0.1) is 5.92 Å². The number of urea groups is 1. The summed E-state index contributed by atoms with van der Waals surface area (Å²) in [6.07, 6.45) is 5.45. The first-order valence-corrected chi connectivity index (χ1v) is 18.7. The van der Waals surface area contributed by atoms with Crippen LogP contribution in [0.4, 0.5) is 10.5 Å². The van der Waals surface area contributed by atoms with E-state index in [1.165, 1.54) is 0 Å². The number of carboxylic acids is 2. The number of rotatable bonds is 29. The lowest BCUT2D eigenvalue weighted by atomic mass is 10.0. The molecule has 2 atom stereocenters. The van der Waals surface area contributed by atoms with Gasteiger partial charge in [0.15, 0.2) is 0 Å². The van der Waals surface area contributed by atoms with Crippen LogP contribution in [-0.4, -0.2) is 143 Å². The largest absolute Gasteiger partial charge is 0.481 e. The van der Waals surface area contributed by atoms with Crippen molar-refractivity contribution in [3.8, 4) is 0 Å². The third kappa shape index (κ3) is 21.6. The average Bonchev–Trinajstić information content (AvgIpc) is 3.05. The summed E-state index contributed by atoms with van der Waals surface area (Å²) in [7, 11) is 0. The van der Waals surface area contributed by atoms with E-state index in [0.717, 1.165) is 31.4 Å². The van der Waals surface area contributed by atoms with Crippen LogP contribution in [0.3, 0.4) is 0 Å². The van der Waals surface area contributed by atoms with E-state index < -0.39 is 29.9 Å². The van der Waals surface area contributed by atoms with Crippen molar-refractivity contribution in [3.05, 3.63) is 29.8 Å². The molecule has 4 amide bonds. The van der Waals surface area contributed by atoms with Crippen LogP contribution < -0.4 is 21.7 Å². The van der Waals surface area contributed by atoms with Gasteiger partial charge >= 0.3 is 18.0 Å². The molecule has 1 rings (SSSR count). The minimum atomic E-state index is -0.937. The molecule has 1 aromatic rings. The number of anilines is 1. The topological polar surface area (TPSA) is 218 Å². The Kier molecular flexibility index (Phi) is 23.5. The summed E-state index contributed by atoms with van der Waals surface area (Å²) in [4.78, 5) is 65.6. The molecule has 1 aromatic carbocycles. The molecule has 15 nitrogen and oxygen atoms in total. The van der Waals surface area contributed by atoms with Crippen LogP contribution in [0.5, 0.6) is 0 Å². The molecular weight excluding hydrogens is 666 g/mol. The molecule has 284 valence electrons. The second-order valence-corrected chi connectivity index (χ2v) is 13.5. The smallest absolute Gasteiger partial charge is 0.319 e. The predicted molar refractivity (Wildman–Crippen MR) is 196 cm³/mol. The van der Waals surface area contributed by atoms with Crippen LogP contribution in [-0.2, 0) is 25.7 Å². The van der Waals surface area contributed by atoms with Gasteiger partial charge in [-0.05, 0) is 74.4 Å². The Labute approximate surface area is 300 Å². The average molecular weight is 726 g/mol. The Hall–Kier alpha value is -3.44. The first-order chi connectivity index (χ1) is 23.9. The van der Waals surface area contributed by atoms with Crippen molar-refractivity contribution >= 4 is 47.2 Å². The fraction of sp³-hybridized carbons (Fsp3) is 0.676. The quantitative estimate of drug-likeness (QED) is 0.0628. The molecule has 0 aliphatic heterocycles. The number of nitrogens with zero attached hydrogens (tertiary/aromatic N) is 3. The molecule has 8 N–H and O–H groups in total. The van der Waals surface area contributed by atoms with E-state index >= 15 is 0 Å². The molecule has 0 aliphatic rings. The van der Waals surface area contributed by atoms with Crippen molar-refractivity contribution in [1.29, 1.82) is 0 Å². The van der Waals surface area contributed by atoms with Crippen LogP contribution in [0.15, 0.2) is 24.3 Å². The van der Waals surface area contributed by atoms with Gasteiger partial charge in [-0.1, -0.05) is 32.4 Å². The Balaban J connectivity index is 2.81. The third-order valence-electron chi connectivity index (χ3n) is 8.13. The van der Waals surface area contributed by atoms with Gasteiger partial charge < -0.3 is 37.0 Å². The van der Waals surface area contributed by atoms with Gasteiger partial charge in [-0.2, -0.15) is 11.8 Å². The Morgan fingerprint density at radius 3 is 2.04 bits per heavy atom. The van der Waals surface area contributed by atoms with Gasteiger partial charge in [0.1, 0.15) is 6.04 Å². The fourth-order valence-electron chi connectivity index (χ4n) is 5.25. The fourth-order valence-corrected chi connectivity index (χ4v) is 5.72. The first-order valence-electron chi connectivity index (χ1n) is 17.3. The number of carbonyl (C=O) groups is 5. The number of carbonyl (C=O) groups excluding carboxylic acids is 3. The molecule has 0 radical (unpaired) electrons. The van der Waals surface area contributed by atoms with Gasteiger partial charge in [-0.15, -0.1) is 0 Å². The summed E-state index contributed by atoms with van der Waals surface area (Å²) in [6.45, 7) is 8.30. The monoisotopic (exact) mass is 725 g/mol. The molecule has 0 spiro atoms. The molecule has 0 aromatic heterocycles. The van der Waals surface area contributed by atoms with Crippen molar-refractivity contribution in [2.45, 2.75) is 65.0 Å². The Bertz CT molecular complexity index is 1150. The Morgan fingerprint density at radius 2 is 1.48 bits per heavy atom. The van der Waals surface area contributed by atoms with E-state index in [1.807, 2.05) is 16.1 Å². The summed E-state index contributed by atoms with van der Waals surface area (Å²) < 4.78 is 0. The highest BCUT2D eigenvalue weighted by Gasteiger charge is 2.19. The maximum Gasteiger partial charge on any atom is 0.319 e. The van der Waals surface area contributed by atoms with Gasteiger partial charge in [0.25, 0.3) is 0 Å². The summed E-state index contributed by atoms with van der Waals surface area (Å²) in [5, 5.41) is 36.1. The Morgan fingerprint density at radius 1 is 0.840 bits per heavy atom. The summed E-state index contributed by atoms with van der Waals surface area (Å²) >= 11 is 1.55. The van der Waals surface area contributed by atoms with Gasteiger partial charge in [0.2, 0.25) is 11.8 Å². The van der Waals surface area contributed by atoms with Gasteiger partial charge in [-0.25, -0.2) is 4.79 Å². The highest BCUT2D eigenvalue weighted by molar-refractivity contribution is 7.98. The first kappa shape index (κ1) is 44.6. The molecular formula is C34H59N7O8S. The number of aliphatic hydroxyl groups is 1. The maximum absolute atomic E-state index is 13.1. The van der Waals surface area contributed by atoms with Gasteiger partial charge in [0.05, 0.1) is 19.7 Å². The number of amides is 4. The zero-order valence-electron chi connectivity index (χ0n) is 29.9. The lowest BCUT2D eigenvalue weighted by Crippen LogP contribution is -2.46. The predicted octanol–water partition coefficient (Wildman–Crippen LogP) is 1.71. The summed E-state index contributed by atoms with van der Waals surface area (Å²) in [5.74, 6) is -1.63. The standard InChI is InChI=1S/C34H59N7O8S/c1-4-14-39(20-21-42)16-17-41(25-32(46)47)19-18-40(15-12-26(2)6-5-7-31(44)45)24-30(43)36-23-27-8-10-28(11-9-27)37-34(49)38-29(33(35)48)13-22-50-3/h8-11,26,29,42H,4-7,12-25H2,1-3H3,(H2,35,48)(H,36,43)(H,44,45)(H,46,47)(H2,37,38,49)/t26?,29-/m0/s1. The van der Waals surface area contributed by atoms with E-state index in [-0.39, 0.29) is 44.5 Å². The lowest BCUT2D eigenvalue weighted by Gasteiger charge is -2.29. The molecule has 0 aliphatic carbocycles. The number of benzene rings is 1. The molecule has 0 fully saturated rings. The number of nitrogens with one attached hydrogen (secondary N) is 3. The van der Waals surface area contributed by atoms with Crippen molar-refractivity contribution in [2.24, 2.45) is 11.7 Å². The SMILES string of the molecule is CCCN(CCO)CCN(CCN(CCC(C)CCCC(=O)O)CC(=O)NCc1ccc(NC(=O)N[C@@H](CCSC)C(N)=O)cc1)CC(=O)O. The van der Waals surface area contributed by atoms with Crippen LogP contribution in [0.1, 0.15) is 57.9 Å². The summed E-state index contributed by atoms with van der Waals surface area (Å²) in [5.41, 5.74) is 6.71. The van der Waals surface area contributed by atoms with Crippen LogP contribution in [0.25, 0.3) is 0 Å². The van der Waals surface area contributed by atoms with E-state index in [1.54, 1.807) is 36.0 Å². The molecule has 50 heavy (non-hydrogen) atoms. The zero-order chi connectivity index (χ0) is 37.3. The normalized spacial score (nSPS) is 12.5. The molecule has 0 saturated carbocycles. The van der Waals surface area contributed by atoms with Crippen molar-refractivity contribution in [3.63, 3.8) is 0 Å². The number of thioether (sulfide) groups is 1. The van der Waals surface area contributed by atoms with E-state index in [2.05, 4.69) is 34.7 Å². The van der Waals surface area contributed by atoms with Gasteiger partial charge in [-0.3, -0.25) is 33.9 Å². The number of carboxylic acid groups (broad SMARTS) is 2. The second-order valence-electron chi connectivity index (χ2n) is 12.5. The van der Waals surface area contributed by atoms with Crippen molar-refractivity contribution in [1.82, 2.24) is 25.3 Å². The molecule has 16 heteroatoms. The lowest BCUT2D eigenvalue weighted by molar-refractivity contribution is -0.139. The summed E-state index contributed by atoms with van der Waals surface area (Å²) in [6, 6.07) is 5.61. The molecule has 1 unspecified atom stereocenters. The van der Waals surface area contributed by atoms with Crippen LogP contribution in [0.2, 0.25) is 0 Å². The number of primary amides is 1. The van der Waals surface area contributed by atoms with Gasteiger partial charge in [0, 0.05) is 51.4 Å². The van der Waals surface area contributed by atoms with Crippen molar-refractivity contribution < 1.29 is 39.3 Å². The number of hydrogen-bond acceptors (Lipinski definition) is 10. The minimum absolute atomic E-state index is 0.0298. The number of nitrogens with two attached hydrogens (primary N) is 1. The number of aliphatic carboxylic acids is 2. The maximum atomic E-state index is 13.1. The number of hydrogen-bond donors (Lipinski definition) is 7. The van der Waals surface area contributed by atoms with E-state index in [0.29, 0.717) is 63.6 Å². The highest BCUT2D eigenvalue weighted by Crippen LogP contribution is 2.14. The zero-order valence-corrected chi connectivity index (χ0v) is 30.7. The minimum Gasteiger partial charge on any atom is -0.481 e. The van der Waals surface area contributed by atoms with Crippen molar-refractivity contribution in [2.75, 3.05) is 82.8 Å². The third-order valence-corrected chi connectivity index (χ3v) is 8.78.